The predicted octanol–water partition coefficient (Wildman–Crippen LogP) is 5.36. The van der Waals surface area contributed by atoms with Gasteiger partial charge in [0.05, 0.1) is 22.9 Å². The number of benzene rings is 3. The van der Waals surface area contributed by atoms with Crippen molar-refractivity contribution in [2.75, 3.05) is 18.1 Å². The largest absolute Gasteiger partial charge is 0.416 e. The van der Waals surface area contributed by atoms with Crippen LogP contribution >= 0.6 is 0 Å². The standard InChI is InChI=1S/C22H18F3N3/c23-22(24,25)20-9-4-1-6-17(20)15-27-12-5-13-28(27)21-11-10-16(14-26)18-7-2-3-8-19(18)21/h1-4,6-11H,5,12-13,15H2. The van der Waals surface area contributed by atoms with Crippen LogP contribution in [0.3, 0.4) is 0 Å². The van der Waals surface area contributed by atoms with Crippen LogP contribution in [0.1, 0.15) is 23.1 Å². The highest BCUT2D eigenvalue weighted by Crippen LogP contribution is 2.35. The van der Waals surface area contributed by atoms with E-state index < -0.39 is 11.7 Å². The number of anilines is 1. The number of hydrazine groups is 1. The maximum atomic E-state index is 13.4. The van der Waals surface area contributed by atoms with Crippen LogP contribution in [0.4, 0.5) is 18.9 Å². The molecular formula is C22H18F3N3. The molecule has 1 saturated heterocycles. The monoisotopic (exact) mass is 381 g/mol. The van der Waals surface area contributed by atoms with Crippen LogP contribution in [0.2, 0.25) is 0 Å². The Labute approximate surface area is 161 Å². The fourth-order valence-electron chi connectivity index (χ4n) is 3.84. The summed E-state index contributed by atoms with van der Waals surface area (Å²) < 4.78 is 40.1. The third kappa shape index (κ3) is 3.30. The van der Waals surface area contributed by atoms with E-state index in [1.54, 1.807) is 12.1 Å². The molecule has 1 fully saturated rings. The zero-order chi connectivity index (χ0) is 19.7. The zero-order valence-electron chi connectivity index (χ0n) is 15.1. The lowest BCUT2D eigenvalue weighted by Crippen LogP contribution is -2.36. The van der Waals surface area contributed by atoms with Crippen LogP contribution in [0.15, 0.2) is 60.7 Å². The number of rotatable bonds is 3. The molecule has 0 amide bonds. The van der Waals surface area contributed by atoms with Crippen LogP contribution in [-0.4, -0.2) is 18.1 Å². The minimum atomic E-state index is -4.37. The van der Waals surface area contributed by atoms with Gasteiger partial charge in [-0.25, -0.2) is 5.01 Å². The van der Waals surface area contributed by atoms with Gasteiger partial charge in [0.2, 0.25) is 0 Å². The van der Waals surface area contributed by atoms with E-state index in [-0.39, 0.29) is 12.1 Å². The molecule has 0 aliphatic carbocycles. The van der Waals surface area contributed by atoms with E-state index in [4.69, 9.17) is 0 Å². The van der Waals surface area contributed by atoms with Gasteiger partial charge in [-0.3, -0.25) is 0 Å². The van der Waals surface area contributed by atoms with Gasteiger partial charge in [0.1, 0.15) is 0 Å². The van der Waals surface area contributed by atoms with Crippen LogP contribution in [0.5, 0.6) is 0 Å². The Hall–Kier alpha value is -3.04. The van der Waals surface area contributed by atoms with Gasteiger partial charge in [-0.1, -0.05) is 42.5 Å². The minimum Gasteiger partial charge on any atom is -0.305 e. The summed E-state index contributed by atoms with van der Waals surface area (Å²) in [7, 11) is 0. The van der Waals surface area contributed by atoms with Crippen molar-refractivity contribution >= 4 is 16.5 Å². The van der Waals surface area contributed by atoms with Crippen molar-refractivity contribution in [3.8, 4) is 6.07 Å². The molecule has 3 aromatic carbocycles. The Balaban J connectivity index is 1.72. The zero-order valence-corrected chi connectivity index (χ0v) is 15.1. The van der Waals surface area contributed by atoms with Gasteiger partial charge < -0.3 is 5.01 Å². The summed E-state index contributed by atoms with van der Waals surface area (Å²) in [6, 6.07) is 19.2. The normalized spacial score (nSPS) is 15.1. The second-order valence-electron chi connectivity index (χ2n) is 6.81. The second kappa shape index (κ2) is 7.17. The third-order valence-corrected chi connectivity index (χ3v) is 5.10. The molecule has 3 aromatic rings. The Bertz CT molecular complexity index is 1050. The van der Waals surface area contributed by atoms with Crippen molar-refractivity contribution in [3.05, 3.63) is 77.4 Å². The third-order valence-electron chi connectivity index (χ3n) is 5.10. The topological polar surface area (TPSA) is 30.3 Å². The first-order valence-electron chi connectivity index (χ1n) is 9.08. The quantitative estimate of drug-likeness (QED) is 0.612. The molecule has 3 nitrogen and oxygen atoms in total. The summed E-state index contributed by atoms with van der Waals surface area (Å²) in [6.07, 6.45) is -3.51. The van der Waals surface area contributed by atoms with E-state index in [0.29, 0.717) is 12.1 Å². The van der Waals surface area contributed by atoms with Crippen molar-refractivity contribution in [3.63, 3.8) is 0 Å². The van der Waals surface area contributed by atoms with Gasteiger partial charge in [0.25, 0.3) is 0 Å². The van der Waals surface area contributed by atoms with Crippen LogP contribution in [0.25, 0.3) is 10.8 Å². The smallest absolute Gasteiger partial charge is 0.305 e. The highest BCUT2D eigenvalue weighted by molar-refractivity contribution is 5.97. The fraction of sp³-hybridized carbons (Fsp3) is 0.227. The SMILES string of the molecule is N#Cc1ccc(N2CCCN2Cc2ccccc2C(F)(F)F)c2ccccc12. The van der Waals surface area contributed by atoms with Gasteiger partial charge in [-0.15, -0.1) is 0 Å². The van der Waals surface area contributed by atoms with Gasteiger partial charge >= 0.3 is 6.18 Å². The lowest BCUT2D eigenvalue weighted by Gasteiger charge is -2.31. The first-order valence-corrected chi connectivity index (χ1v) is 9.08. The molecule has 1 aliphatic rings. The summed E-state index contributed by atoms with van der Waals surface area (Å²) in [5, 5.41) is 15.1. The fourth-order valence-corrected chi connectivity index (χ4v) is 3.84. The molecule has 6 heteroatoms. The van der Waals surface area contributed by atoms with E-state index in [1.165, 1.54) is 12.1 Å². The molecule has 1 aliphatic heterocycles. The number of nitriles is 1. The average Bonchev–Trinajstić information content (AvgIpc) is 3.14. The maximum Gasteiger partial charge on any atom is 0.416 e. The first kappa shape index (κ1) is 18.3. The molecule has 0 bridgehead atoms. The number of fused-ring (bicyclic) bond motifs is 1. The van der Waals surface area contributed by atoms with Crippen LogP contribution < -0.4 is 5.01 Å². The Morgan fingerprint density at radius 2 is 1.61 bits per heavy atom. The molecule has 4 rings (SSSR count). The molecule has 0 atom stereocenters. The van der Waals surface area contributed by atoms with E-state index >= 15 is 0 Å². The second-order valence-corrected chi connectivity index (χ2v) is 6.81. The van der Waals surface area contributed by atoms with Crippen LogP contribution in [0, 0.1) is 11.3 Å². The molecule has 0 radical (unpaired) electrons. The summed E-state index contributed by atoms with van der Waals surface area (Å²) in [6.45, 7) is 1.59. The van der Waals surface area contributed by atoms with Gasteiger partial charge in [-0.2, -0.15) is 18.4 Å². The molecule has 1 heterocycles. The lowest BCUT2D eigenvalue weighted by molar-refractivity contribution is -0.138. The predicted molar refractivity (Wildman–Crippen MR) is 102 cm³/mol. The molecule has 0 spiro atoms. The molecular weight excluding hydrogens is 363 g/mol. The van der Waals surface area contributed by atoms with Crippen LogP contribution in [-0.2, 0) is 12.7 Å². The molecule has 28 heavy (non-hydrogen) atoms. The van der Waals surface area contributed by atoms with Crippen molar-refractivity contribution in [1.29, 1.82) is 5.26 Å². The van der Waals surface area contributed by atoms with E-state index in [2.05, 4.69) is 6.07 Å². The number of nitrogens with zero attached hydrogens (tertiary/aromatic N) is 3. The highest BCUT2D eigenvalue weighted by atomic mass is 19.4. The van der Waals surface area contributed by atoms with Crippen molar-refractivity contribution in [1.82, 2.24) is 5.01 Å². The van der Waals surface area contributed by atoms with Crippen molar-refractivity contribution in [2.45, 2.75) is 19.1 Å². The molecule has 142 valence electrons. The summed E-state index contributed by atoms with van der Waals surface area (Å²) >= 11 is 0. The molecule has 0 saturated carbocycles. The Morgan fingerprint density at radius 3 is 2.36 bits per heavy atom. The minimum absolute atomic E-state index is 0.185. The number of alkyl halides is 3. The highest BCUT2D eigenvalue weighted by Gasteiger charge is 2.34. The van der Waals surface area contributed by atoms with Crippen molar-refractivity contribution < 1.29 is 13.2 Å². The van der Waals surface area contributed by atoms with Gasteiger partial charge in [-0.05, 0) is 30.2 Å². The number of hydrogen-bond donors (Lipinski definition) is 0. The summed E-state index contributed by atoms with van der Waals surface area (Å²) in [4.78, 5) is 0. The molecule has 0 N–H and O–H groups in total. The lowest BCUT2D eigenvalue weighted by atomic mass is 10.0. The number of hydrogen-bond acceptors (Lipinski definition) is 3. The summed E-state index contributed by atoms with van der Waals surface area (Å²) in [5.74, 6) is 0. The van der Waals surface area contributed by atoms with E-state index in [1.807, 2.05) is 40.3 Å². The van der Waals surface area contributed by atoms with E-state index in [9.17, 15) is 18.4 Å². The van der Waals surface area contributed by atoms with Gasteiger partial charge in [0.15, 0.2) is 0 Å². The maximum absolute atomic E-state index is 13.4. The molecule has 0 aromatic heterocycles. The van der Waals surface area contributed by atoms with E-state index in [0.717, 1.165) is 35.5 Å². The Morgan fingerprint density at radius 1 is 0.893 bits per heavy atom. The summed E-state index contributed by atoms with van der Waals surface area (Å²) in [5.41, 5.74) is 1.18. The Kier molecular flexibility index (Phi) is 4.70. The average molecular weight is 381 g/mol. The first-order chi connectivity index (χ1) is 13.5. The van der Waals surface area contributed by atoms with Gasteiger partial charge in [0, 0.05) is 30.4 Å². The number of halogens is 3. The van der Waals surface area contributed by atoms with Crippen molar-refractivity contribution in [2.24, 2.45) is 0 Å². The molecule has 0 unspecified atom stereocenters.